The summed E-state index contributed by atoms with van der Waals surface area (Å²) in [6.07, 6.45) is 0. The van der Waals surface area contributed by atoms with E-state index >= 15 is 0 Å². The Bertz CT molecular complexity index is 985. The van der Waals surface area contributed by atoms with Crippen LogP contribution in [0.15, 0.2) is 40.5 Å². The summed E-state index contributed by atoms with van der Waals surface area (Å²) in [5.74, 6) is 0.333. The minimum absolute atomic E-state index is 0. The minimum Gasteiger partial charge on any atom is -0.325 e. The Morgan fingerprint density at radius 2 is 2.04 bits per heavy atom. The van der Waals surface area contributed by atoms with Gasteiger partial charge in [-0.2, -0.15) is 5.26 Å². The van der Waals surface area contributed by atoms with Crippen molar-refractivity contribution in [2.75, 3.05) is 0 Å². The van der Waals surface area contributed by atoms with E-state index in [4.69, 9.17) is 5.73 Å². The molecule has 0 spiro atoms. The van der Waals surface area contributed by atoms with E-state index in [1.807, 2.05) is 17.5 Å². The van der Waals surface area contributed by atoms with Crippen LogP contribution in [0.3, 0.4) is 0 Å². The molecule has 0 saturated heterocycles. The highest BCUT2D eigenvalue weighted by molar-refractivity contribution is 7.13. The van der Waals surface area contributed by atoms with Crippen molar-refractivity contribution in [2.45, 2.75) is 26.9 Å². The third kappa shape index (κ3) is 3.47. The number of rotatable bonds is 4. The van der Waals surface area contributed by atoms with Crippen LogP contribution < -0.4 is 11.3 Å². The molecule has 130 valence electrons. The van der Waals surface area contributed by atoms with Crippen molar-refractivity contribution in [3.05, 3.63) is 57.3 Å². The molecular weight excluding hydrogens is 354 g/mol. The van der Waals surface area contributed by atoms with E-state index in [9.17, 15) is 10.1 Å². The maximum Gasteiger partial charge on any atom is 0.258 e. The van der Waals surface area contributed by atoms with Gasteiger partial charge in [0.1, 0.15) is 0 Å². The lowest BCUT2D eigenvalue weighted by Gasteiger charge is -2.19. The molecule has 0 atom stereocenters. The number of halogens is 1. The Hall–Kier alpha value is -2.13. The predicted molar refractivity (Wildman–Crippen MR) is 106 cm³/mol. The number of benzene rings is 1. The molecule has 0 aliphatic heterocycles. The number of aromatic nitrogens is 1. The zero-order valence-corrected chi connectivity index (χ0v) is 15.8. The van der Waals surface area contributed by atoms with Crippen LogP contribution in [0.2, 0.25) is 0 Å². The fourth-order valence-electron chi connectivity index (χ4n) is 3.03. The lowest BCUT2D eigenvalue weighted by molar-refractivity contribution is 0.499. The van der Waals surface area contributed by atoms with Gasteiger partial charge in [-0.1, -0.05) is 19.9 Å². The average Bonchev–Trinajstić information content (AvgIpc) is 3.10. The van der Waals surface area contributed by atoms with Gasteiger partial charge in [0.15, 0.2) is 0 Å². The van der Waals surface area contributed by atoms with Gasteiger partial charge in [0.25, 0.3) is 5.56 Å². The summed E-state index contributed by atoms with van der Waals surface area (Å²) in [4.78, 5) is 14.1. The third-order valence-corrected chi connectivity index (χ3v) is 4.90. The smallest absolute Gasteiger partial charge is 0.258 e. The summed E-state index contributed by atoms with van der Waals surface area (Å²) >= 11 is 1.61. The summed E-state index contributed by atoms with van der Waals surface area (Å²) in [6.45, 7) is 5.07. The summed E-state index contributed by atoms with van der Waals surface area (Å²) in [7, 11) is 0. The quantitative estimate of drug-likeness (QED) is 0.747. The first-order chi connectivity index (χ1) is 11.6. The van der Waals surface area contributed by atoms with E-state index in [2.05, 4.69) is 19.9 Å². The van der Waals surface area contributed by atoms with Crippen molar-refractivity contribution in [2.24, 2.45) is 11.7 Å². The zero-order valence-electron chi connectivity index (χ0n) is 14.2. The van der Waals surface area contributed by atoms with Crippen LogP contribution in [0, 0.1) is 17.2 Å². The standard InChI is InChI=1S/C19H19N3OS.ClH/c1-12(2)11-22-16(10-21)18(17-4-3-7-24-17)15-8-13(9-20)5-6-14(15)19(22)23;/h3-8,12H,10-11,21H2,1-2H3;1H. The van der Waals surface area contributed by atoms with Crippen molar-refractivity contribution in [3.63, 3.8) is 0 Å². The summed E-state index contributed by atoms with van der Waals surface area (Å²) in [5, 5.41) is 12.7. The second-order valence-corrected chi connectivity index (χ2v) is 7.13. The maximum absolute atomic E-state index is 13.0. The monoisotopic (exact) mass is 373 g/mol. The molecule has 2 N–H and O–H groups in total. The third-order valence-electron chi connectivity index (χ3n) is 4.02. The topological polar surface area (TPSA) is 71.8 Å². The van der Waals surface area contributed by atoms with E-state index in [1.165, 1.54) is 0 Å². The number of nitrogens with two attached hydrogens (primary N) is 1. The van der Waals surface area contributed by atoms with E-state index in [0.717, 1.165) is 21.5 Å². The van der Waals surface area contributed by atoms with Crippen LogP contribution in [0.4, 0.5) is 0 Å². The van der Waals surface area contributed by atoms with Gasteiger partial charge in [0.05, 0.1) is 11.6 Å². The number of pyridine rings is 1. The molecule has 0 fully saturated rings. The molecule has 0 aliphatic rings. The number of hydrogen-bond acceptors (Lipinski definition) is 4. The Morgan fingerprint density at radius 3 is 2.60 bits per heavy atom. The number of nitrogens with zero attached hydrogens (tertiary/aromatic N) is 2. The van der Waals surface area contributed by atoms with Crippen LogP contribution in [0.25, 0.3) is 21.2 Å². The molecule has 0 aliphatic carbocycles. The summed E-state index contributed by atoms with van der Waals surface area (Å²) in [5.41, 5.74) is 8.36. The Kier molecular flexibility index (Phi) is 6.02. The fraction of sp³-hybridized carbons (Fsp3) is 0.263. The number of fused-ring (bicyclic) bond motifs is 1. The molecule has 2 heterocycles. The highest BCUT2D eigenvalue weighted by atomic mass is 35.5. The SMILES string of the molecule is CC(C)Cn1c(CN)c(-c2cccs2)c2cc(C#N)ccc2c1=O.Cl. The highest BCUT2D eigenvalue weighted by Gasteiger charge is 2.18. The molecule has 0 bridgehead atoms. The van der Waals surface area contributed by atoms with Gasteiger partial charge in [-0.3, -0.25) is 4.79 Å². The van der Waals surface area contributed by atoms with Gasteiger partial charge in [0, 0.05) is 34.6 Å². The Labute approximate surface area is 156 Å². The van der Waals surface area contributed by atoms with Crippen LogP contribution in [-0.4, -0.2) is 4.57 Å². The molecule has 0 unspecified atom stereocenters. The van der Waals surface area contributed by atoms with Crippen LogP contribution >= 0.6 is 23.7 Å². The van der Waals surface area contributed by atoms with Crippen LogP contribution in [0.5, 0.6) is 0 Å². The van der Waals surface area contributed by atoms with E-state index in [-0.39, 0.29) is 24.5 Å². The summed E-state index contributed by atoms with van der Waals surface area (Å²) in [6, 6.07) is 11.4. The van der Waals surface area contributed by atoms with Gasteiger partial charge in [-0.15, -0.1) is 23.7 Å². The first-order valence-electron chi connectivity index (χ1n) is 7.90. The lowest BCUT2D eigenvalue weighted by atomic mass is 9.99. The van der Waals surface area contributed by atoms with Crippen molar-refractivity contribution >= 4 is 34.5 Å². The van der Waals surface area contributed by atoms with Crippen molar-refractivity contribution in [3.8, 4) is 16.5 Å². The predicted octanol–water partition coefficient (Wildman–Crippen LogP) is 4.14. The lowest BCUT2D eigenvalue weighted by Crippen LogP contribution is -2.28. The van der Waals surface area contributed by atoms with Crippen molar-refractivity contribution < 1.29 is 0 Å². The molecule has 25 heavy (non-hydrogen) atoms. The van der Waals surface area contributed by atoms with Crippen LogP contribution in [-0.2, 0) is 13.1 Å². The molecule has 3 rings (SSSR count). The number of hydrogen-bond donors (Lipinski definition) is 1. The molecule has 0 amide bonds. The normalized spacial score (nSPS) is 10.7. The van der Waals surface area contributed by atoms with Gasteiger partial charge < -0.3 is 10.3 Å². The van der Waals surface area contributed by atoms with Crippen molar-refractivity contribution in [1.82, 2.24) is 4.57 Å². The second-order valence-electron chi connectivity index (χ2n) is 6.18. The molecule has 1 aromatic carbocycles. The van der Waals surface area contributed by atoms with E-state index < -0.39 is 0 Å². The van der Waals surface area contributed by atoms with Crippen molar-refractivity contribution in [1.29, 1.82) is 5.26 Å². The van der Waals surface area contributed by atoms with Gasteiger partial charge >= 0.3 is 0 Å². The Morgan fingerprint density at radius 1 is 1.28 bits per heavy atom. The molecule has 0 saturated carbocycles. The van der Waals surface area contributed by atoms with Crippen LogP contribution in [0.1, 0.15) is 25.1 Å². The Balaban J connectivity index is 0.00000225. The fourth-order valence-corrected chi connectivity index (χ4v) is 3.84. The first-order valence-corrected chi connectivity index (χ1v) is 8.78. The number of thiophene rings is 1. The maximum atomic E-state index is 13.0. The zero-order chi connectivity index (χ0) is 17.3. The molecule has 2 aromatic heterocycles. The first kappa shape index (κ1) is 19.2. The molecule has 0 radical (unpaired) electrons. The van der Waals surface area contributed by atoms with Gasteiger partial charge in [-0.05, 0) is 40.9 Å². The average molecular weight is 374 g/mol. The molecular formula is C19H20ClN3OS. The number of nitriles is 1. The molecule has 3 aromatic rings. The van der Waals surface area contributed by atoms with Gasteiger partial charge in [0.2, 0.25) is 0 Å². The highest BCUT2D eigenvalue weighted by Crippen LogP contribution is 2.34. The molecule has 4 nitrogen and oxygen atoms in total. The molecule has 6 heteroatoms. The second kappa shape index (κ2) is 7.83. The van der Waals surface area contributed by atoms with Gasteiger partial charge in [-0.25, -0.2) is 0 Å². The summed E-state index contributed by atoms with van der Waals surface area (Å²) < 4.78 is 1.80. The minimum atomic E-state index is -0.0380. The van der Waals surface area contributed by atoms with E-state index in [1.54, 1.807) is 34.1 Å². The largest absolute Gasteiger partial charge is 0.325 e. The van der Waals surface area contributed by atoms with E-state index in [0.29, 0.717) is 23.4 Å².